The van der Waals surface area contributed by atoms with E-state index < -0.39 is 16.6 Å². The first kappa shape index (κ1) is 35.3. The molecule has 1 saturated carbocycles. The summed E-state index contributed by atoms with van der Waals surface area (Å²) in [5.41, 5.74) is 3.49. The number of allylic oxidation sites excluding steroid dienone is 1. The summed E-state index contributed by atoms with van der Waals surface area (Å²) in [7, 11) is 0.209. The molecule has 0 aromatic heterocycles. The molecule has 2 aromatic rings. The van der Waals surface area contributed by atoms with Crippen molar-refractivity contribution in [3.05, 3.63) is 70.3 Å². The molecule has 2 bridgehead atoms. The van der Waals surface area contributed by atoms with Crippen molar-refractivity contribution < 1.29 is 22.7 Å². The SMILES string of the molecule is CCCc1cc(Cl)ccc1C1COc2ccc3cc2N(C1)CC1CCC1[C@@](C)(OC)/C=C/CC(C)C(CCOSC)S(=O)NC3=O. The molecule has 0 spiro atoms. The van der Waals surface area contributed by atoms with Crippen LogP contribution in [0.2, 0.25) is 5.02 Å². The summed E-state index contributed by atoms with van der Waals surface area (Å²) in [5.74, 6) is 1.36. The molecule has 2 aliphatic heterocycles. The first-order valence-electron chi connectivity index (χ1n) is 16.6. The lowest BCUT2D eigenvalue weighted by molar-refractivity contribution is -0.0620. The topological polar surface area (TPSA) is 77.1 Å². The first-order valence-corrected chi connectivity index (χ1v) is 19.3. The molecule has 10 heteroatoms. The summed E-state index contributed by atoms with van der Waals surface area (Å²) in [6, 6.07) is 11.8. The standard InChI is InChI=1S/C36H49ClN2O5S2/c1-6-8-25-19-29(37)12-13-30(25)28-22-39-21-27-10-14-31(27)36(3,42-4)17-7-9-24(2)34(16-18-44-45-5)46(41)38-35(40)26-11-15-33(43-23-28)32(39)20-26/h7,11-13,15,17,19-20,24,27-28,31,34H,6,8-10,14,16,18,21-23H2,1-5H3,(H,38,40)/b17-7+/t24?,27?,28?,31?,34?,36-,46?/m0/s1. The molecule has 46 heavy (non-hydrogen) atoms. The van der Waals surface area contributed by atoms with Crippen LogP contribution in [0.15, 0.2) is 48.6 Å². The molecule has 7 nitrogen and oxygen atoms in total. The Hall–Kier alpha value is -2.04. The Morgan fingerprint density at radius 2 is 2.02 bits per heavy atom. The van der Waals surface area contributed by atoms with Crippen molar-refractivity contribution in [1.29, 1.82) is 0 Å². The van der Waals surface area contributed by atoms with Crippen molar-refractivity contribution in [2.45, 2.75) is 76.1 Å². The highest BCUT2D eigenvalue weighted by molar-refractivity contribution is 7.93. The van der Waals surface area contributed by atoms with Crippen molar-refractivity contribution >= 4 is 46.2 Å². The maximum atomic E-state index is 13.7. The number of halogens is 1. The van der Waals surface area contributed by atoms with E-state index >= 15 is 0 Å². The van der Waals surface area contributed by atoms with Gasteiger partial charge in [-0.3, -0.25) is 9.52 Å². The summed E-state index contributed by atoms with van der Waals surface area (Å²) in [5, 5.41) is 0.484. The van der Waals surface area contributed by atoms with Crippen LogP contribution in [0.4, 0.5) is 5.69 Å². The highest BCUT2D eigenvalue weighted by Crippen LogP contribution is 2.47. The molecule has 1 fully saturated rings. The first-order chi connectivity index (χ1) is 22.2. The van der Waals surface area contributed by atoms with E-state index in [2.05, 4.69) is 54.7 Å². The second-order valence-corrected chi connectivity index (χ2v) is 15.6. The largest absolute Gasteiger partial charge is 0.491 e. The van der Waals surface area contributed by atoms with Crippen LogP contribution in [0.25, 0.3) is 0 Å². The smallest absolute Gasteiger partial charge is 0.263 e. The minimum Gasteiger partial charge on any atom is -0.491 e. The van der Waals surface area contributed by atoms with Crippen molar-refractivity contribution in [3.63, 3.8) is 0 Å². The predicted octanol–water partition coefficient (Wildman–Crippen LogP) is 7.75. The molecule has 2 heterocycles. The number of rotatable bonds is 8. The van der Waals surface area contributed by atoms with Crippen LogP contribution in [0, 0.1) is 17.8 Å². The lowest BCUT2D eigenvalue weighted by atomic mass is 9.64. The van der Waals surface area contributed by atoms with E-state index in [9.17, 15) is 9.00 Å². The Bertz CT molecular complexity index is 1420. The molecule has 0 radical (unpaired) electrons. The van der Waals surface area contributed by atoms with Crippen molar-refractivity contribution in [1.82, 2.24) is 4.72 Å². The van der Waals surface area contributed by atoms with Gasteiger partial charge in [0.25, 0.3) is 5.91 Å². The number of carbonyl (C=O) groups excluding carboxylic acids is 1. The van der Waals surface area contributed by atoms with Gasteiger partial charge in [-0.25, -0.2) is 4.21 Å². The van der Waals surface area contributed by atoms with Crippen LogP contribution in [-0.4, -0.2) is 60.6 Å². The number of amides is 1. The Kier molecular flexibility index (Phi) is 12.2. The molecule has 1 N–H and O–H groups in total. The normalized spacial score (nSPS) is 30.7. The lowest BCUT2D eigenvalue weighted by Gasteiger charge is -2.48. The summed E-state index contributed by atoms with van der Waals surface area (Å²) in [4.78, 5) is 16.0. The number of anilines is 1. The average molecular weight is 689 g/mol. The Morgan fingerprint density at radius 1 is 1.20 bits per heavy atom. The third-order valence-electron chi connectivity index (χ3n) is 10.2. The fourth-order valence-electron chi connectivity index (χ4n) is 7.37. The molecule has 0 saturated heterocycles. The Balaban J connectivity index is 1.53. The molecule has 5 rings (SSSR count). The van der Waals surface area contributed by atoms with Crippen LogP contribution in [0.1, 0.15) is 80.3 Å². The molecule has 252 valence electrons. The number of carbonyl (C=O) groups is 1. The number of nitrogens with one attached hydrogen (secondary N) is 1. The van der Waals surface area contributed by atoms with Gasteiger partial charge in [-0.15, -0.1) is 0 Å². The second-order valence-electron chi connectivity index (χ2n) is 13.2. The quantitative estimate of drug-likeness (QED) is 0.173. The number of methoxy groups -OCH3 is 1. The van der Waals surface area contributed by atoms with Gasteiger partial charge < -0.3 is 18.6 Å². The van der Waals surface area contributed by atoms with E-state index in [0.29, 0.717) is 37.0 Å². The molecule has 7 atom stereocenters. The molecule has 1 aliphatic carbocycles. The molecule has 2 aromatic carbocycles. The Labute approximate surface area is 286 Å². The summed E-state index contributed by atoms with van der Waals surface area (Å²) >= 11 is 7.74. The minimum absolute atomic E-state index is 0.0624. The van der Waals surface area contributed by atoms with Gasteiger partial charge in [0.1, 0.15) is 16.7 Å². The van der Waals surface area contributed by atoms with E-state index in [1.54, 1.807) is 6.07 Å². The number of fused-ring (bicyclic) bond motifs is 2. The lowest BCUT2D eigenvalue weighted by Crippen LogP contribution is -2.49. The fourth-order valence-corrected chi connectivity index (χ4v) is 9.12. The zero-order chi connectivity index (χ0) is 32.8. The van der Waals surface area contributed by atoms with Crippen molar-refractivity contribution in [2.24, 2.45) is 17.8 Å². The van der Waals surface area contributed by atoms with Gasteiger partial charge in [0.15, 0.2) is 0 Å². The fraction of sp³-hybridized carbons (Fsp3) is 0.583. The van der Waals surface area contributed by atoms with Gasteiger partial charge in [0, 0.05) is 43.0 Å². The maximum Gasteiger partial charge on any atom is 0.263 e. The number of ether oxygens (including phenoxy) is 2. The molecule has 1 amide bonds. The third-order valence-corrected chi connectivity index (χ3v) is 12.5. The van der Waals surface area contributed by atoms with Crippen LogP contribution in [-0.2, 0) is 26.3 Å². The molecule has 6 unspecified atom stereocenters. The van der Waals surface area contributed by atoms with Crippen LogP contribution >= 0.6 is 23.6 Å². The zero-order valence-electron chi connectivity index (χ0n) is 27.8. The van der Waals surface area contributed by atoms with Gasteiger partial charge >= 0.3 is 0 Å². The highest BCUT2D eigenvalue weighted by atomic mass is 35.5. The summed E-state index contributed by atoms with van der Waals surface area (Å²) < 4.78 is 34.8. The predicted molar refractivity (Wildman–Crippen MR) is 190 cm³/mol. The van der Waals surface area contributed by atoms with Crippen molar-refractivity contribution in [2.75, 3.05) is 44.6 Å². The average Bonchev–Trinajstić information content (AvgIpc) is 3.20. The van der Waals surface area contributed by atoms with E-state index in [1.807, 2.05) is 31.6 Å². The maximum absolute atomic E-state index is 13.7. The summed E-state index contributed by atoms with van der Waals surface area (Å²) in [6.07, 6.45) is 11.8. The number of hydrogen-bond acceptors (Lipinski definition) is 7. The van der Waals surface area contributed by atoms with Gasteiger partial charge in [-0.2, -0.15) is 0 Å². The molecular formula is C36H49ClN2O5S2. The van der Waals surface area contributed by atoms with Crippen LogP contribution in [0.5, 0.6) is 5.75 Å². The van der Waals surface area contributed by atoms with Crippen LogP contribution < -0.4 is 14.4 Å². The third kappa shape index (κ3) is 7.97. The number of hydrogen-bond donors (Lipinski definition) is 1. The highest BCUT2D eigenvalue weighted by Gasteiger charge is 2.45. The van der Waals surface area contributed by atoms with E-state index in [-0.39, 0.29) is 23.0 Å². The van der Waals surface area contributed by atoms with Gasteiger partial charge in [0.2, 0.25) is 0 Å². The zero-order valence-corrected chi connectivity index (χ0v) is 30.1. The monoisotopic (exact) mass is 688 g/mol. The van der Waals surface area contributed by atoms with Gasteiger partial charge in [0.05, 0.1) is 29.8 Å². The van der Waals surface area contributed by atoms with Crippen molar-refractivity contribution in [3.8, 4) is 5.75 Å². The van der Waals surface area contributed by atoms with E-state index in [1.165, 1.54) is 23.2 Å². The van der Waals surface area contributed by atoms with Crippen LogP contribution in [0.3, 0.4) is 0 Å². The van der Waals surface area contributed by atoms with Gasteiger partial charge in [-0.05, 0) is 110 Å². The number of benzene rings is 2. The molecular weight excluding hydrogens is 640 g/mol. The number of aryl methyl sites for hydroxylation is 1. The van der Waals surface area contributed by atoms with E-state index in [4.69, 9.17) is 25.3 Å². The van der Waals surface area contributed by atoms with Gasteiger partial charge in [-0.1, -0.05) is 50.1 Å². The Morgan fingerprint density at radius 3 is 2.74 bits per heavy atom. The van der Waals surface area contributed by atoms with E-state index in [0.717, 1.165) is 61.7 Å². The molecule has 3 aliphatic rings. The minimum atomic E-state index is -1.60. The second kappa shape index (κ2) is 15.9. The summed E-state index contributed by atoms with van der Waals surface area (Å²) in [6.45, 7) is 9.04. The number of nitrogens with zero attached hydrogens (tertiary/aromatic N) is 1.